The lowest BCUT2D eigenvalue weighted by molar-refractivity contribution is 0.595. The highest BCUT2D eigenvalue weighted by Crippen LogP contribution is 2.20. The predicted molar refractivity (Wildman–Crippen MR) is 90.6 cm³/mol. The van der Waals surface area contributed by atoms with Gasteiger partial charge in [-0.05, 0) is 43.2 Å². The molecule has 0 fully saturated rings. The molecule has 1 heterocycles. The molecule has 0 spiro atoms. The van der Waals surface area contributed by atoms with Gasteiger partial charge in [-0.3, -0.25) is 4.79 Å². The highest BCUT2D eigenvalue weighted by Gasteiger charge is 2.22. The Bertz CT molecular complexity index is 1030. The van der Waals surface area contributed by atoms with Crippen molar-refractivity contribution in [3.8, 4) is 0 Å². The number of rotatable bonds is 3. The highest BCUT2D eigenvalue weighted by atomic mass is 32.2. The molecule has 23 heavy (non-hydrogen) atoms. The molecule has 0 aliphatic heterocycles. The van der Waals surface area contributed by atoms with E-state index in [0.29, 0.717) is 10.9 Å². The van der Waals surface area contributed by atoms with Crippen molar-refractivity contribution in [3.63, 3.8) is 0 Å². The number of H-pyrrole nitrogens is 1. The minimum absolute atomic E-state index is 0.125. The van der Waals surface area contributed by atoms with Crippen molar-refractivity contribution in [3.05, 3.63) is 70.0 Å². The SMILES string of the molecule is CCc1ccc2[nH]cc(S(=O)(=O)c3ccc(C)cc3)c(=O)c2c1. The topological polar surface area (TPSA) is 67.0 Å². The van der Waals surface area contributed by atoms with E-state index in [0.717, 1.165) is 17.5 Å². The maximum atomic E-state index is 12.7. The van der Waals surface area contributed by atoms with Crippen molar-refractivity contribution in [2.75, 3.05) is 0 Å². The van der Waals surface area contributed by atoms with Gasteiger partial charge >= 0.3 is 0 Å². The molecular formula is C18H17NO3S. The van der Waals surface area contributed by atoms with Crippen LogP contribution in [0.2, 0.25) is 0 Å². The summed E-state index contributed by atoms with van der Waals surface area (Å²) in [6.07, 6.45) is 2.07. The molecule has 0 saturated carbocycles. The normalized spacial score (nSPS) is 11.7. The van der Waals surface area contributed by atoms with E-state index in [-0.39, 0.29) is 9.79 Å². The van der Waals surface area contributed by atoms with E-state index in [1.165, 1.54) is 18.3 Å². The van der Waals surface area contributed by atoms with Crippen molar-refractivity contribution in [1.29, 1.82) is 0 Å². The third-order valence-electron chi connectivity index (χ3n) is 3.94. The van der Waals surface area contributed by atoms with Crippen LogP contribution in [0, 0.1) is 6.92 Å². The second-order valence-electron chi connectivity index (χ2n) is 5.53. The Kier molecular flexibility index (Phi) is 3.82. The zero-order valence-electron chi connectivity index (χ0n) is 13.0. The number of hydrogen-bond acceptors (Lipinski definition) is 3. The number of pyridine rings is 1. The van der Waals surface area contributed by atoms with Crippen molar-refractivity contribution in [2.24, 2.45) is 0 Å². The summed E-state index contributed by atoms with van der Waals surface area (Å²) in [5.74, 6) is 0. The van der Waals surface area contributed by atoms with Crippen LogP contribution >= 0.6 is 0 Å². The molecule has 0 amide bonds. The second kappa shape index (κ2) is 5.66. The number of benzene rings is 2. The highest BCUT2D eigenvalue weighted by molar-refractivity contribution is 7.91. The van der Waals surface area contributed by atoms with E-state index in [2.05, 4.69) is 4.98 Å². The first-order valence-corrected chi connectivity index (χ1v) is 8.88. The van der Waals surface area contributed by atoms with E-state index >= 15 is 0 Å². The Balaban J connectivity index is 2.25. The van der Waals surface area contributed by atoms with Gasteiger partial charge in [0, 0.05) is 17.1 Å². The fraction of sp³-hybridized carbons (Fsp3) is 0.167. The third kappa shape index (κ3) is 2.68. The molecule has 1 N–H and O–H groups in total. The number of sulfone groups is 1. The third-order valence-corrected chi connectivity index (χ3v) is 5.72. The lowest BCUT2D eigenvalue weighted by Gasteiger charge is -2.07. The smallest absolute Gasteiger partial charge is 0.211 e. The molecule has 118 valence electrons. The molecule has 0 aliphatic carbocycles. The first-order chi connectivity index (χ1) is 10.9. The Morgan fingerprint density at radius 2 is 1.74 bits per heavy atom. The molecule has 3 aromatic rings. The summed E-state index contributed by atoms with van der Waals surface area (Å²) in [5.41, 5.74) is 2.13. The Labute approximate surface area is 134 Å². The monoisotopic (exact) mass is 327 g/mol. The van der Waals surface area contributed by atoms with Gasteiger partial charge < -0.3 is 4.98 Å². The number of hydrogen-bond donors (Lipinski definition) is 1. The Morgan fingerprint density at radius 3 is 2.39 bits per heavy atom. The standard InChI is InChI=1S/C18H17NO3S/c1-3-13-6-9-16-15(10-13)18(20)17(11-19-16)23(21,22)14-7-4-12(2)5-8-14/h4-11H,3H2,1-2H3,(H,19,20). The summed E-state index contributed by atoms with van der Waals surface area (Å²) in [6, 6.07) is 12.0. The lowest BCUT2D eigenvalue weighted by atomic mass is 10.1. The molecule has 2 aromatic carbocycles. The largest absolute Gasteiger partial charge is 0.360 e. The Hall–Kier alpha value is -2.40. The van der Waals surface area contributed by atoms with Crippen LogP contribution in [0.15, 0.2) is 63.2 Å². The minimum Gasteiger partial charge on any atom is -0.360 e. The van der Waals surface area contributed by atoms with Crippen LogP contribution in [0.5, 0.6) is 0 Å². The van der Waals surface area contributed by atoms with Crippen LogP contribution in [0.4, 0.5) is 0 Å². The number of aromatic amines is 1. The molecule has 0 aliphatic rings. The number of fused-ring (bicyclic) bond motifs is 1. The zero-order valence-corrected chi connectivity index (χ0v) is 13.8. The van der Waals surface area contributed by atoms with Gasteiger partial charge in [-0.15, -0.1) is 0 Å². The van der Waals surface area contributed by atoms with E-state index in [4.69, 9.17) is 0 Å². The van der Waals surface area contributed by atoms with Crippen LogP contribution in [-0.4, -0.2) is 13.4 Å². The number of nitrogens with one attached hydrogen (secondary N) is 1. The van der Waals surface area contributed by atoms with E-state index in [1.807, 2.05) is 19.9 Å². The maximum absolute atomic E-state index is 12.7. The quantitative estimate of drug-likeness (QED) is 0.803. The number of aryl methyl sites for hydroxylation is 2. The number of aromatic nitrogens is 1. The Morgan fingerprint density at radius 1 is 1.04 bits per heavy atom. The van der Waals surface area contributed by atoms with Crippen LogP contribution in [0.25, 0.3) is 10.9 Å². The molecular weight excluding hydrogens is 310 g/mol. The van der Waals surface area contributed by atoms with Gasteiger partial charge in [0.05, 0.1) is 4.90 Å². The fourth-order valence-electron chi connectivity index (χ4n) is 2.51. The van der Waals surface area contributed by atoms with Gasteiger partial charge in [-0.25, -0.2) is 8.42 Å². The summed E-state index contributed by atoms with van der Waals surface area (Å²) in [6.45, 7) is 3.87. The van der Waals surface area contributed by atoms with Gasteiger partial charge in [-0.1, -0.05) is 30.7 Å². The van der Waals surface area contributed by atoms with Gasteiger partial charge in [0.2, 0.25) is 15.3 Å². The van der Waals surface area contributed by atoms with Crippen molar-refractivity contribution < 1.29 is 8.42 Å². The van der Waals surface area contributed by atoms with Crippen molar-refractivity contribution in [2.45, 2.75) is 30.1 Å². The van der Waals surface area contributed by atoms with Gasteiger partial charge in [-0.2, -0.15) is 0 Å². The molecule has 3 rings (SSSR count). The fourth-order valence-corrected chi connectivity index (χ4v) is 3.83. The molecule has 4 nitrogen and oxygen atoms in total. The summed E-state index contributed by atoms with van der Waals surface area (Å²) in [5, 5.41) is 0.400. The average molecular weight is 327 g/mol. The molecule has 0 bridgehead atoms. The van der Waals surface area contributed by atoms with Gasteiger partial charge in [0.1, 0.15) is 4.90 Å². The van der Waals surface area contributed by atoms with E-state index in [1.54, 1.807) is 24.3 Å². The zero-order chi connectivity index (χ0) is 16.6. The lowest BCUT2D eigenvalue weighted by Crippen LogP contribution is -2.16. The second-order valence-corrected chi connectivity index (χ2v) is 7.45. The van der Waals surface area contributed by atoms with Crippen molar-refractivity contribution in [1.82, 2.24) is 4.98 Å². The van der Waals surface area contributed by atoms with Gasteiger partial charge in [0.25, 0.3) is 0 Å². The minimum atomic E-state index is -3.84. The van der Waals surface area contributed by atoms with E-state index < -0.39 is 15.3 Å². The molecule has 5 heteroatoms. The molecule has 1 aromatic heterocycles. The summed E-state index contributed by atoms with van der Waals surface area (Å²) >= 11 is 0. The van der Waals surface area contributed by atoms with Crippen LogP contribution in [0.3, 0.4) is 0 Å². The van der Waals surface area contributed by atoms with Crippen LogP contribution < -0.4 is 5.43 Å². The first-order valence-electron chi connectivity index (χ1n) is 7.39. The van der Waals surface area contributed by atoms with Crippen LogP contribution in [-0.2, 0) is 16.3 Å². The molecule has 0 saturated heterocycles. The summed E-state index contributed by atoms with van der Waals surface area (Å²) < 4.78 is 25.5. The van der Waals surface area contributed by atoms with Crippen molar-refractivity contribution >= 4 is 20.7 Å². The average Bonchev–Trinajstić information content (AvgIpc) is 2.55. The van der Waals surface area contributed by atoms with Gasteiger partial charge in [0.15, 0.2) is 0 Å². The predicted octanol–water partition coefficient (Wildman–Crippen LogP) is 3.23. The first kappa shape index (κ1) is 15.5. The molecule has 0 radical (unpaired) electrons. The summed E-state index contributed by atoms with van der Waals surface area (Å²) in [4.78, 5) is 15.5. The molecule has 0 atom stereocenters. The maximum Gasteiger partial charge on any atom is 0.211 e. The van der Waals surface area contributed by atoms with Crippen LogP contribution in [0.1, 0.15) is 18.1 Å². The van der Waals surface area contributed by atoms with E-state index in [9.17, 15) is 13.2 Å². The summed E-state index contributed by atoms with van der Waals surface area (Å²) in [7, 11) is -3.84. The molecule has 0 unspecified atom stereocenters.